The maximum atomic E-state index is 13.0. The predicted octanol–water partition coefficient (Wildman–Crippen LogP) is 3.14. The van der Waals surface area contributed by atoms with Crippen molar-refractivity contribution in [2.75, 3.05) is 13.7 Å². The van der Waals surface area contributed by atoms with E-state index in [9.17, 15) is 9.59 Å². The van der Waals surface area contributed by atoms with Crippen molar-refractivity contribution >= 4 is 17.3 Å². The lowest BCUT2D eigenvalue weighted by Gasteiger charge is -2.37. The molecule has 6 heteroatoms. The van der Waals surface area contributed by atoms with Gasteiger partial charge in [-0.05, 0) is 32.8 Å². The normalized spacial score (nSPS) is 24.7. The first kappa shape index (κ1) is 19.4. The molecule has 27 heavy (non-hydrogen) atoms. The quantitative estimate of drug-likeness (QED) is 0.713. The molecule has 2 aliphatic rings. The second-order valence-electron chi connectivity index (χ2n) is 7.16. The molecule has 1 fully saturated rings. The molecule has 0 aromatic heterocycles. The first-order valence-electron chi connectivity index (χ1n) is 9.34. The lowest BCUT2D eigenvalue weighted by atomic mass is 9.77. The van der Waals surface area contributed by atoms with Gasteiger partial charge in [0.1, 0.15) is 18.5 Å². The van der Waals surface area contributed by atoms with E-state index in [0.717, 1.165) is 5.56 Å². The average molecular weight is 374 g/mol. The fourth-order valence-corrected chi connectivity index (χ4v) is 3.65. The highest BCUT2D eigenvalue weighted by Crippen LogP contribution is 2.39. The van der Waals surface area contributed by atoms with Crippen molar-refractivity contribution in [2.45, 2.75) is 51.4 Å². The molecule has 1 saturated carbocycles. The van der Waals surface area contributed by atoms with Crippen LogP contribution in [0.1, 0.15) is 38.7 Å². The molecule has 0 saturated heterocycles. The highest BCUT2D eigenvalue weighted by molar-refractivity contribution is 6.22. The number of ether oxygens (including phenoxy) is 4. The van der Waals surface area contributed by atoms with E-state index in [2.05, 4.69) is 0 Å². The van der Waals surface area contributed by atoms with E-state index in [4.69, 9.17) is 18.9 Å². The first-order chi connectivity index (χ1) is 13.0. The van der Waals surface area contributed by atoms with E-state index in [1.807, 2.05) is 24.3 Å². The molecule has 1 aliphatic heterocycles. The number of esters is 1. The molecule has 0 N–H and O–H groups in total. The van der Waals surface area contributed by atoms with Crippen molar-refractivity contribution in [1.82, 2.24) is 0 Å². The van der Waals surface area contributed by atoms with Crippen LogP contribution in [0.15, 0.2) is 30.5 Å². The molecular formula is C21H26O6. The number of fused-ring (bicyclic) bond motifs is 1. The van der Waals surface area contributed by atoms with Gasteiger partial charge in [0.2, 0.25) is 0 Å². The number of methoxy groups -OCH3 is 1. The summed E-state index contributed by atoms with van der Waals surface area (Å²) < 4.78 is 22.0. The number of hydrogen-bond acceptors (Lipinski definition) is 6. The van der Waals surface area contributed by atoms with Gasteiger partial charge in [0, 0.05) is 12.0 Å². The standard InChI is InChI=1S/C21H26O6/c1-13(2)27-20(22)12-25-14-8-9-16-19(10-14)26-11-17(21(16)23)15-6-4-5-7-18(15)24-3/h4-7,11,13-14,16,19H,8-10,12H2,1-3H3. The number of hydrogen-bond donors (Lipinski definition) is 0. The molecule has 3 unspecified atom stereocenters. The van der Waals surface area contributed by atoms with E-state index < -0.39 is 0 Å². The maximum absolute atomic E-state index is 13.0. The summed E-state index contributed by atoms with van der Waals surface area (Å²) in [6.07, 6.45) is 3.01. The lowest BCUT2D eigenvalue weighted by Crippen LogP contribution is -2.41. The van der Waals surface area contributed by atoms with Crippen LogP contribution in [0.2, 0.25) is 0 Å². The van der Waals surface area contributed by atoms with Crippen LogP contribution in [0.4, 0.5) is 0 Å². The molecule has 146 valence electrons. The summed E-state index contributed by atoms with van der Waals surface area (Å²) >= 11 is 0. The molecule has 1 heterocycles. The molecule has 0 bridgehead atoms. The molecule has 0 radical (unpaired) electrons. The van der Waals surface area contributed by atoms with Crippen molar-refractivity contribution in [3.05, 3.63) is 36.1 Å². The molecule has 3 rings (SSSR count). The van der Waals surface area contributed by atoms with Gasteiger partial charge in [-0.25, -0.2) is 4.79 Å². The number of carbonyl (C=O) groups excluding carboxylic acids is 2. The van der Waals surface area contributed by atoms with Crippen molar-refractivity contribution in [1.29, 1.82) is 0 Å². The fourth-order valence-electron chi connectivity index (χ4n) is 3.65. The summed E-state index contributed by atoms with van der Waals surface area (Å²) in [5.74, 6) is 0.164. The van der Waals surface area contributed by atoms with E-state index in [-0.39, 0.29) is 42.6 Å². The van der Waals surface area contributed by atoms with E-state index >= 15 is 0 Å². The number of carbonyl (C=O) groups is 2. The van der Waals surface area contributed by atoms with Gasteiger partial charge in [0.05, 0.1) is 37.1 Å². The van der Waals surface area contributed by atoms with Crippen molar-refractivity contribution < 1.29 is 28.5 Å². The largest absolute Gasteiger partial charge is 0.496 e. The Morgan fingerprint density at radius 2 is 2.04 bits per heavy atom. The molecule has 3 atom stereocenters. The van der Waals surface area contributed by atoms with Gasteiger partial charge < -0.3 is 18.9 Å². The Balaban J connectivity index is 1.63. The molecule has 1 aromatic rings. The topological polar surface area (TPSA) is 71.1 Å². The van der Waals surface area contributed by atoms with Crippen LogP contribution in [-0.2, 0) is 23.8 Å². The average Bonchev–Trinajstić information content (AvgIpc) is 2.66. The number of ketones is 1. The summed E-state index contributed by atoms with van der Waals surface area (Å²) in [6, 6.07) is 7.43. The third-order valence-corrected chi connectivity index (χ3v) is 4.91. The van der Waals surface area contributed by atoms with E-state index in [1.54, 1.807) is 21.0 Å². The van der Waals surface area contributed by atoms with Crippen molar-refractivity contribution in [3.63, 3.8) is 0 Å². The van der Waals surface area contributed by atoms with Crippen LogP contribution in [0.3, 0.4) is 0 Å². The van der Waals surface area contributed by atoms with Gasteiger partial charge in [0.15, 0.2) is 5.78 Å². The van der Waals surface area contributed by atoms with Crippen LogP contribution in [-0.4, -0.2) is 43.8 Å². The van der Waals surface area contributed by atoms with Gasteiger partial charge in [0.25, 0.3) is 0 Å². The van der Waals surface area contributed by atoms with Crippen LogP contribution in [0.5, 0.6) is 5.75 Å². The van der Waals surface area contributed by atoms with Gasteiger partial charge in [-0.15, -0.1) is 0 Å². The summed E-state index contributed by atoms with van der Waals surface area (Å²) in [6.45, 7) is 3.53. The minimum absolute atomic E-state index is 0.0729. The monoisotopic (exact) mass is 374 g/mol. The third-order valence-electron chi connectivity index (χ3n) is 4.91. The summed E-state index contributed by atoms with van der Waals surface area (Å²) in [4.78, 5) is 24.6. The summed E-state index contributed by atoms with van der Waals surface area (Å²) in [7, 11) is 1.59. The Hall–Kier alpha value is -2.34. The molecule has 0 amide bonds. The summed E-state index contributed by atoms with van der Waals surface area (Å²) in [5, 5.41) is 0. The van der Waals surface area contributed by atoms with Crippen LogP contribution < -0.4 is 4.74 Å². The molecule has 1 aromatic carbocycles. The Kier molecular flexibility index (Phi) is 6.16. The smallest absolute Gasteiger partial charge is 0.332 e. The van der Waals surface area contributed by atoms with Crippen LogP contribution in [0, 0.1) is 5.92 Å². The molecule has 1 aliphatic carbocycles. The lowest BCUT2D eigenvalue weighted by molar-refractivity contribution is -0.157. The zero-order chi connectivity index (χ0) is 19.4. The minimum atomic E-state index is -0.369. The van der Waals surface area contributed by atoms with Crippen molar-refractivity contribution in [2.24, 2.45) is 5.92 Å². The van der Waals surface area contributed by atoms with Crippen LogP contribution >= 0.6 is 0 Å². The zero-order valence-electron chi connectivity index (χ0n) is 16.0. The van der Waals surface area contributed by atoms with Gasteiger partial charge in [-0.1, -0.05) is 18.2 Å². The highest BCUT2D eigenvalue weighted by Gasteiger charge is 2.41. The fraction of sp³-hybridized carbons (Fsp3) is 0.524. The first-order valence-corrected chi connectivity index (χ1v) is 9.34. The molecule has 0 spiro atoms. The Morgan fingerprint density at radius 3 is 2.78 bits per heavy atom. The van der Waals surface area contributed by atoms with E-state index in [0.29, 0.717) is 30.6 Å². The molecular weight excluding hydrogens is 348 g/mol. The zero-order valence-corrected chi connectivity index (χ0v) is 16.0. The van der Waals surface area contributed by atoms with Gasteiger partial charge in [-0.2, -0.15) is 0 Å². The third kappa shape index (κ3) is 4.50. The van der Waals surface area contributed by atoms with Gasteiger partial charge >= 0.3 is 5.97 Å². The number of Topliss-reactive ketones (excluding diaryl/α,β-unsaturated/α-hetero) is 1. The number of para-hydroxylation sites is 1. The number of rotatable bonds is 6. The predicted molar refractivity (Wildman–Crippen MR) is 99.2 cm³/mol. The second-order valence-corrected chi connectivity index (χ2v) is 7.16. The summed E-state index contributed by atoms with van der Waals surface area (Å²) in [5.41, 5.74) is 1.30. The van der Waals surface area contributed by atoms with E-state index in [1.165, 1.54) is 6.26 Å². The Labute approximate surface area is 159 Å². The highest BCUT2D eigenvalue weighted by atomic mass is 16.6. The minimum Gasteiger partial charge on any atom is -0.496 e. The van der Waals surface area contributed by atoms with Crippen molar-refractivity contribution in [3.8, 4) is 5.75 Å². The second kappa shape index (κ2) is 8.57. The van der Waals surface area contributed by atoms with Gasteiger partial charge in [-0.3, -0.25) is 4.79 Å². The molecule has 6 nitrogen and oxygen atoms in total. The van der Waals surface area contributed by atoms with Crippen LogP contribution in [0.25, 0.3) is 5.57 Å². The number of allylic oxidation sites excluding steroid dienone is 1. The Bertz CT molecular complexity index is 723. The number of benzene rings is 1. The maximum Gasteiger partial charge on any atom is 0.332 e. The Morgan fingerprint density at radius 1 is 1.26 bits per heavy atom. The SMILES string of the molecule is COc1ccccc1C1=COC2CC(OCC(=O)OC(C)C)CCC2C1=O.